The second-order valence-corrected chi connectivity index (χ2v) is 11.7. The number of amides is 3. The van der Waals surface area contributed by atoms with E-state index in [4.69, 9.17) is 11.5 Å². The summed E-state index contributed by atoms with van der Waals surface area (Å²) in [7, 11) is 0. The minimum absolute atomic E-state index is 0.148. The summed E-state index contributed by atoms with van der Waals surface area (Å²) < 4.78 is 0. The van der Waals surface area contributed by atoms with E-state index in [1.54, 1.807) is 24.3 Å². The molecule has 0 aliphatic rings. The maximum Gasteiger partial charge on any atom is 0.251 e. The number of aromatic nitrogens is 2. The number of aryl methyl sites for hydroxylation is 1. The molecule has 0 fully saturated rings. The number of nitrogens with one attached hydrogen (secondary N) is 3. The summed E-state index contributed by atoms with van der Waals surface area (Å²) in [5, 5.41) is 18.0. The van der Waals surface area contributed by atoms with Gasteiger partial charge < -0.3 is 27.4 Å². The lowest BCUT2D eigenvalue weighted by Crippen LogP contribution is -2.27. The van der Waals surface area contributed by atoms with E-state index >= 15 is 0 Å². The first-order valence-electron chi connectivity index (χ1n) is 15.3. The molecule has 0 unspecified atom stereocenters. The van der Waals surface area contributed by atoms with Crippen LogP contribution in [0.2, 0.25) is 0 Å². The Hall–Kier alpha value is -5.03. The van der Waals surface area contributed by atoms with Gasteiger partial charge in [-0.25, -0.2) is 0 Å². The molecule has 242 valence electrons. The van der Waals surface area contributed by atoms with Crippen LogP contribution in [0.1, 0.15) is 72.4 Å². The molecule has 46 heavy (non-hydrogen) atoms. The molecule has 10 nitrogen and oxygen atoms in total. The lowest BCUT2D eigenvalue weighted by atomic mass is 10.1. The number of benzene rings is 2. The molecule has 3 rings (SSSR count). The maximum absolute atomic E-state index is 12.7. The van der Waals surface area contributed by atoms with E-state index in [1.165, 1.54) is 11.3 Å². The first kappa shape index (κ1) is 35.4. The second kappa shape index (κ2) is 19.4. The Morgan fingerprint density at radius 1 is 0.913 bits per heavy atom. The van der Waals surface area contributed by atoms with Crippen molar-refractivity contribution in [2.75, 3.05) is 5.32 Å². The van der Waals surface area contributed by atoms with Crippen LogP contribution in [0.4, 0.5) is 5.13 Å². The van der Waals surface area contributed by atoms with Crippen LogP contribution in [0.5, 0.6) is 0 Å². The highest BCUT2D eigenvalue weighted by atomic mass is 32.1. The lowest BCUT2D eigenvalue weighted by Gasteiger charge is -2.07. The van der Waals surface area contributed by atoms with Crippen LogP contribution in [0.15, 0.2) is 102 Å². The molecular weight excluding hydrogens is 598 g/mol. The van der Waals surface area contributed by atoms with Crippen molar-refractivity contribution in [2.24, 2.45) is 11.5 Å². The Balaban J connectivity index is 1.36. The summed E-state index contributed by atoms with van der Waals surface area (Å²) in [5.74, 6) is -0.254. The Kier molecular flexibility index (Phi) is 14.9. The molecule has 0 saturated heterocycles. The van der Waals surface area contributed by atoms with E-state index in [0.717, 1.165) is 41.0 Å². The third-order valence-electron chi connectivity index (χ3n) is 6.79. The summed E-state index contributed by atoms with van der Waals surface area (Å²) >= 11 is 1.35. The van der Waals surface area contributed by atoms with Crippen LogP contribution in [0, 0.1) is 0 Å². The van der Waals surface area contributed by atoms with Crippen LogP contribution < -0.4 is 27.4 Å². The normalized spacial score (nSPS) is 12.3. The topological polar surface area (TPSA) is 165 Å². The van der Waals surface area contributed by atoms with E-state index in [0.29, 0.717) is 35.8 Å². The van der Waals surface area contributed by atoms with E-state index in [-0.39, 0.29) is 36.4 Å². The number of carbonyl (C=O) groups is 3. The molecule has 0 radical (unpaired) electrons. The van der Waals surface area contributed by atoms with Crippen LogP contribution in [-0.4, -0.2) is 27.9 Å². The third-order valence-corrected chi connectivity index (χ3v) is 7.69. The van der Waals surface area contributed by atoms with Crippen LogP contribution in [0.25, 0.3) is 0 Å². The minimum atomic E-state index is -0.189. The minimum Gasteiger partial charge on any atom is -0.402 e. The van der Waals surface area contributed by atoms with Crippen LogP contribution in [-0.2, 0) is 29.0 Å². The summed E-state index contributed by atoms with van der Waals surface area (Å²) in [6, 6.07) is 16.6. The Labute approximate surface area is 274 Å². The Morgan fingerprint density at radius 2 is 1.70 bits per heavy atom. The molecule has 11 heteroatoms. The molecule has 3 amide bonds. The van der Waals surface area contributed by atoms with Gasteiger partial charge in [0.15, 0.2) is 0 Å². The maximum atomic E-state index is 12.7. The van der Waals surface area contributed by atoms with Gasteiger partial charge in [0.25, 0.3) is 5.91 Å². The smallest absolute Gasteiger partial charge is 0.251 e. The average Bonchev–Trinajstić information content (AvgIpc) is 3.50. The van der Waals surface area contributed by atoms with Crippen molar-refractivity contribution in [3.8, 4) is 0 Å². The van der Waals surface area contributed by atoms with Gasteiger partial charge in [-0.2, -0.15) is 0 Å². The number of rotatable bonds is 17. The van der Waals surface area contributed by atoms with E-state index in [9.17, 15) is 14.4 Å². The number of nitrogens with zero attached hydrogens (tertiary/aromatic N) is 2. The predicted octanol–water partition coefficient (Wildman–Crippen LogP) is 5.42. The van der Waals surface area contributed by atoms with Crippen molar-refractivity contribution < 1.29 is 14.4 Å². The number of unbranched alkanes of at least 4 members (excludes halogenated alkanes) is 1. The lowest BCUT2D eigenvalue weighted by molar-refractivity contribution is -0.119. The molecule has 7 N–H and O–H groups in total. The monoisotopic (exact) mass is 641 g/mol. The summed E-state index contributed by atoms with van der Waals surface area (Å²) in [6.45, 7) is 4.30. The molecule has 0 saturated carbocycles. The molecule has 0 aliphatic heterocycles. The van der Waals surface area contributed by atoms with Crippen molar-refractivity contribution in [2.45, 2.75) is 65.3 Å². The molecule has 0 atom stereocenters. The third kappa shape index (κ3) is 13.3. The van der Waals surface area contributed by atoms with Crippen molar-refractivity contribution in [1.82, 2.24) is 20.8 Å². The zero-order valence-corrected chi connectivity index (χ0v) is 27.2. The van der Waals surface area contributed by atoms with Gasteiger partial charge >= 0.3 is 0 Å². The zero-order valence-electron chi connectivity index (χ0n) is 26.4. The number of hydrogen-bond acceptors (Lipinski definition) is 8. The van der Waals surface area contributed by atoms with Crippen molar-refractivity contribution >= 4 is 34.2 Å². The van der Waals surface area contributed by atoms with Crippen molar-refractivity contribution in [3.63, 3.8) is 0 Å². The number of anilines is 1. The second-order valence-electron chi connectivity index (χ2n) is 10.6. The van der Waals surface area contributed by atoms with Crippen molar-refractivity contribution in [1.29, 1.82) is 0 Å². The average molecular weight is 642 g/mol. The molecular formula is C35H43N7O3S. The number of nitrogens with two attached hydrogens (primary N) is 2. The van der Waals surface area contributed by atoms with Gasteiger partial charge in [-0.3, -0.25) is 14.4 Å². The highest BCUT2D eigenvalue weighted by Crippen LogP contribution is 2.18. The molecule has 1 aromatic heterocycles. The highest BCUT2D eigenvalue weighted by Gasteiger charge is 2.11. The SMILES string of the molecule is C/C=C\C=C(/CC)CC(=O)N/C(N)=C/C=C(\N)CCCCc1nnc(NC(=O)Cc2cccc(CNC(=O)c3ccccc3)c2)s1. The quantitative estimate of drug-likeness (QED) is 0.0969. The zero-order chi connectivity index (χ0) is 33.1. The van der Waals surface area contributed by atoms with Gasteiger partial charge in [0, 0.05) is 30.6 Å². The number of allylic oxidation sites excluding steroid dienone is 6. The molecule has 0 bridgehead atoms. The summed E-state index contributed by atoms with van der Waals surface area (Å²) in [4.78, 5) is 37.2. The number of hydrogen-bond donors (Lipinski definition) is 5. The molecule has 0 spiro atoms. The Bertz CT molecular complexity index is 1580. The predicted molar refractivity (Wildman–Crippen MR) is 184 cm³/mol. The first-order chi connectivity index (χ1) is 22.2. The first-order valence-corrected chi connectivity index (χ1v) is 16.1. The standard InChI is InChI=1S/C35H43N7O3S/c1-3-5-12-25(4-2)22-31(43)39-30(37)20-19-29(36)17-9-10-18-33-41-42-35(46-33)40-32(44)23-26-13-11-14-27(21-26)24-38-34(45)28-15-7-6-8-16-28/h3,5-8,11-16,19-21H,4,9-10,17-18,22-24,36-37H2,1-2H3,(H,38,45)(H,39,43)(H,40,42,44)/b5-3-,25-12+,29-19-,30-20+. The van der Waals surface area contributed by atoms with E-state index in [1.807, 2.05) is 74.5 Å². The fraction of sp³-hybridized carbons (Fsp3) is 0.286. The van der Waals surface area contributed by atoms with Gasteiger partial charge in [-0.15, -0.1) is 10.2 Å². The summed E-state index contributed by atoms with van der Waals surface area (Å²) in [6.07, 6.45) is 13.4. The Morgan fingerprint density at radius 3 is 2.46 bits per heavy atom. The molecule has 2 aromatic carbocycles. The largest absolute Gasteiger partial charge is 0.402 e. The number of carbonyl (C=O) groups excluding carboxylic acids is 3. The van der Waals surface area contributed by atoms with Gasteiger partial charge in [0.05, 0.1) is 6.42 Å². The fourth-order valence-corrected chi connectivity index (χ4v) is 5.15. The van der Waals surface area contributed by atoms with Gasteiger partial charge in [0.1, 0.15) is 10.8 Å². The fourth-order valence-electron chi connectivity index (χ4n) is 4.35. The van der Waals surface area contributed by atoms with E-state index in [2.05, 4.69) is 26.1 Å². The van der Waals surface area contributed by atoms with Gasteiger partial charge in [-0.05, 0) is 68.0 Å². The van der Waals surface area contributed by atoms with Crippen molar-refractivity contribution in [3.05, 3.63) is 124 Å². The van der Waals surface area contributed by atoms with E-state index < -0.39 is 0 Å². The summed E-state index contributed by atoms with van der Waals surface area (Å²) in [5.41, 5.74) is 16.1. The molecule has 3 aromatic rings. The van der Waals surface area contributed by atoms with Crippen LogP contribution in [0.3, 0.4) is 0 Å². The molecule has 1 heterocycles. The van der Waals surface area contributed by atoms with Crippen LogP contribution >= 0.6 is 11.3 Å². The molecule has 0 aliphatic carbocycles. The van der Waals surface area contributed by atoms with Gasteiger partial charge in [-0.1, -0.05) is 84.5 Å². The van der Waals surface area contributed by atoms with Gasteiger partial charge in [0.2, 0.25) is 16.9 Å². The highest BCUT2D eigenvalue weighted by molar-refractivity contribution is 7.15.